The number of carbonyl (C=O) groups excluding carboxylic acids is 1. The molecule has 1 rings (SSSR count). The average Bonchev–Trinajstić information content (AvgIpc) is 2.44. The van der Waals surface area contributed by atoms with Gasteiger partial charge in [0, 0.05) is 12.0 Å². The number of amides is 1. The van der Waals surface area contributed by atoms with Gasteiger partial charge in [-0.25, -0.2) is 8.78 Å². The Morgan fingerprint density at radius 3 is 2.85 bits per heavy atom. The van der Waals surface area contributed by atoms with Crippen molar-refractivity contribution in [2.45, 2.75) is 12.8 Å². The number of halogens is 2. The number of alkyl halides is 2. The van der Waals surface area contributed by atoms with E-state index in [9.17, 15) is 13.6 Å². The number of ether oxygens (including phenoxy) is 1. The van der Waals surface area contributed by atoms with Crippen molar-refractivity contribution in [1.29, 1.82) is 0 Å². The van der Waals surface area contributed by atoms with Crippen molar-refractivity contribution in [1.82, 2.24) is 5.32 Å². The third-order valence-electron chi connectivity index (χ3n) is 2.34. The van der Waals surface area contributed by atoms with Gasteiger partial charge in [-0.2, -0.15) is 0 Å². The highest BCUT2D eigenvalue weighted by Crippen LogP contribution is 2.19. The summed E-state index contributed by atoms with van der Waals surface area (Å²) in [6.07, 6.45) is -2.30. The summed E-state index contributed by atoms with van der Waals surface area (Å²) in [5.41, 5.74) is 0.686. The van der Waals surface area contributed by atoms with E-state index >= 15 is 0 Å². The van der Waals surface area contributed by atoms with Crippen LogP contribution in [0.15, 0.2) is 18.2 Å². The lowest BCUT2D eigenvalue weighted by atomic mass is 10.1. The van der Waals surface area contributed by atoms with Crippen molar-refractivity contribution in [3.05, 3.63) is 29.3 Å². The Balaban J connectivity index is 2.92. The molecule has 0 aliphatic carbocycles. The van der Waals surface area contributed by atoms with Gasteiger partial charge in [0.1, 0.15) is 5.75 Å². The number of nitrogens with one attached hydrogen (secondary N) is 1. The molecule has 6 heteroatoms. The van der Waals surface area contributed by atoms with E-state index in [1.807, 2.05) is 0 Å². The summed E-state index contributed by atoms with van der Waals surface area (Å²) in [5, 5.41) is 10.8. The Morgan fingerprint density at radius 2 is 2.25 bits per heavy atom. The lowest BCUT2D eigenvalue weighted by Gasteiger charge is -2.07. The molecule has 4 nitrogen and oxygen atoms in total. The van der Waals surface area contributed by atoms with Crippen molar-refractivity contribution in [2.24, 2.45) is 0 Å². The van der Waals surface area contributed by atoms with Crippen LogP contribution in [0.1, 0.15) is 22.3 Å². The zero-order chi connectivity index (χ0) is 15.0. The molecule has 0 aliphatic heterocycles. The predicted molar refractivity (Wildman–Crippen MR) is 69.9 cm³/mol. The number of methoxy groups -OCH3 is 1. The van der Waals surface area contributed by atoms with Gasteiger partial charge in [-0.05, 0) is 18.2 Å². The van der Waals surface area contributed by atoms with E-state index in [4.69, 9.17) is 9.84 Å². The Hall–Kier alpha value is -2.13. The van der Waals surface area contributed by atoms with Gasteiger partial charge >= 0.3 is 0 Å². The fraction of sp³-hybridized carbons (Fsp3) is 0.357. The Morgan fingerprint density at radius 1 is 1.50 bits per heavy atom. The molecule has 20 heavy (non-hydrogen) atoms. The molecule has 1 aromatic rings. The third kappa shape index (κ3) is 4.86. The normalized spacial score (nSPS) is 9.85. The van der Waals surface area contributed by atoms with Crippen LogP contribution in [-0.4, -0.2) is 37.7 Å². The van der Waals surface area contributed by atoms with Crippen LogP contribution < -0.4 is 10.1 Å². The Labute approximate surface area is 115 Å². The molecule has 0 unspecified atom stereocenters. The quantitative estimate of drug-likeness (QED) is 0.804. The molecular formula is C14H15F2NO3. The fourth-order valence-electron chi connectivity index (χ4n) is 1.43. The number of benzene rings is 1. The molecule has 0 heterocycles. The van der Waals surface area contributed by atoms with Crippen LogP contribution in [0.4, 0.5) is 8.78 Å². The first-order valence-electron chi connectivity index (χ1n) is 5.92. The summed E-state index contributed by atoms with van der Waals surface area (Å²) >= 11 is 0. The van der Waals surface area contributed by atoms with Crippen LogP contribution in [0.2, 0.25) is 0 Å². The van der Waals surface area contributed by atoms with Gasteiger partial charge in [0.25, 0.3) is 12.3 Å². The van der Waals surface area contributed by atoms with Crippen LogP contribution >= 0.6 is 0 Å². The van der Waals surface area contributed by atoms with Crippen molar-refractivity contribution >= 4 is 5.91 Å². The molecule has 108 valence electrons. The molecule has 0 spiro atoms. The summed E-state index contributed by atoms with van der Waals surface area (Å²) in [6.45, 7) is -0.764. The van der Waals surface area contributed by atoms with Crippen molar-refractivity contribution in [3.63, 3.8) is 0 Å². The molecule has 0 fully saturated rings. The van der Waals surface area contributed by atoms with E-state index in [2.05, 4.69) is 17.2 Å². The zero-order valence-electron chi connectivity index (χ0n) is 11.0. The number of carbonyl (C=O) groups is 1. The lowest BCUT2D eigenvalue weighted by molar-refractivity contribution is 0.0891. The van der Waals surface area contributed by atoms with Gasteiger partial charge < -0.3 is 15.2 Å². The van der Waals surface area contributed by atoms with E-state index in [0.29, 0.717) is 17.7 Å². The van der Waals surface area contributed by atoms with Gasteiger partial charge in [0.2, 0.25) is 0 Å². The fourth-order valence-corrected chi connectivity index (χ4v) is 1.43. The second-order valence-corrected chi connectivity index (χ2v) is 3.79. The molecule has 0 saturated carbocycles. The molecule has 0 radical (unpaired) electrons. The smallest absolute Gasteiger partial charge is 0.255 e. The van der Waals surface area contributed by atoms with E-state index in [1.165, 1.54) is 19.2 Å². The number of aliphatic hydroxyl groups excluding tert-OH is 1. The first-order valence-corrected chi connectivity index (χ1v) is 5.92. The monoisotopic (exact) mass is 283 g/mol. The van der Waals surface area contributed by atoms with Gasteiger partial charge in [0.05, 0.1) is 25.8 Å². The Bertz CT molecular complexity index is 521. The highest BCUT2D eigenvalue weighted by atomic mass is 19.3. The summed E-state index contributed by atoms with van der Waals surface area (Å²) in [5.74, 6) is 5.35. The maximum absolute atomic E-state index is 12.0. The van der Waals surface area contributed by atoms with Gasteiger partial charge in [0.15, 0.2) is 0 Å². The van der Waals surface area contributed by atoms with Crippen molar-refractivity contribution in [3.8, 4) is 17.6 Å². The minimum Gasteiger partial charge on any atom is -0.495 e. The lowest BCUT2D eigenvalue weighted by Crippen LogP contribution is -2.28. The van der Waals surface area contributed by atoms with Crippen LogP contribution in [-0.2, 0) is 0 Å². The minimum absolute atomic E-state index is 0.0656. The predicted octanol–water partition coefficient (Wildman–Crippen LogP) is 1.42. The van der Waals surface area contributed by atoms with Crippen LogP contribution in [0.25, 0.3) is 0 Å². The molecule has 0 bridgehead atoms. The second-order valence-electron chi connectivity index (χ2n) is 3.79. The largest absolute Gasteiger partial charge is 0.495 e. The first kappa shape index (κ1) is 15.9. The highest BCUT2D eigenvalue weighted by molar-refractivity contribution is 5.94. The molecule has 0 aromatic heterocycles. The van der Waals surface area contributed by atoms with Crippen LogP contribution in [0.3, 0.4) is 0 Å². The molecule has 0 atom stereocenters. The van der Waals surface area contributed by atoms with E-state index < -0.39 is 18.9 Å². The molecule has 1 amide bonds. The summed E-state index contributed by atoms with van der Waals surface area (Å²) in [6, 6.07) is 4.47. The van der Waals surface area contributed by atoms with Crippen molar-refractivity contribution < 1.29 is 23.4 Å². The molecule has 2 N–H and O–H groups in total. The topological polar surface area (TPSA) is 58.6 Å². The third-order valence-corrected chi connectivity index (χ3v) is 2.34. The van der Waals surface area contributed by atoms with E-state index in [-0.39, 0.29) is 12.2 Å². The molecule has 0 saturated heterocycles. The maximum atomic E-state index is 12.0. The summed E-state index contributed by atoms with van der Waals surface area (Å²) in [7, 11) is 1.46. The zero-order valence-corrected chi connectivity index (χ0v) is 11.0. The SMILES string of the molecule is COc1ccc(C(=O)NCC(F)F)cc1C#CCCO. The minimum atomic E-state index is -2.60. The standard InChI is InChI=1S/C14H15F2NO3/c1-20-12-6-5-11(14(19)17-9-13(15)16)8-10(12)4-2-3-7-18/h5-6,8,13,18H,3,7,9H2,1H3,(H,17,19). The Kier molecular flexibility index (Phi) is 6.47. The van der Waals surface area contributed by atoms with Gasteiger partial charge in [-0.3, -0.25) is 4.79 Å². The highest BCUT2D eigenvalue weighted by Gasteiger charge is 2.11. The second kappa shape index (κ2) is 8.12. The molecule has 0 aliphatic rings. The number of aliphatic hydroxyl groups is 1. The van der Waals surface area contributed by atoms with Crippen LogP contribution in [0, 0.1) is 11.8 Å². The van der Waals surface area contributed by atoms with E-state index in [1.54, 1.807) is 6.07 Å². The molecule has 1 aromatic carbocycles. The van der Waals surface area contributed by atoms with E-state index in [0.717, 1.165) is 0 Å². The number of hydrogen-bond acceptors (Lipinski definition) is 3. The first-order chi connectivity index (χ1) is 9.58. The number of hydrogen-bond donors (Lipinski definition) is 2. The van der Waals surface area contributed by atoms with Gasteiger partial charge in [-0.15, -0.1) is 0 Å². The summed E-state index contributed by atoms with van der Waals surface area (Å²) in [4.78, 5) is 11.7. The number of rotatable bonds is 5. The molecular weight excluding hydrogens is 268 g/mol. The average molecular weight is 283 g/mol. The van der Waals surface area contributed by atoms with Crippen molar-refractivity contribution in [2.75, 3.05) is 20.3 Å². The maximum Gasteiger partial charge on any atom is 0.255 e. The van der Waals surface area contributed by atoms with Gasteiger partial charge in [-0.1, -0.05) is 11.8 Å². The van der Waals surface area contributed by atoms with Crippen LogP contribution in [0.5, 0.6) is 5.75 Å². The summed E-state index contributed by atoms with van der Waals surface area (Å²) < 4.78 is 29.2.